The molecule has 1 atom stereocenters. The lowest BCUT2D eigenvalue weighted by atomic mass is 10.1. The van der Waals surface area contributed by atoms with Crippen molar-refractivity contribution in [1.29, 1.82) is 0 Å². The Morgan fingerprint density at radius 2 is 1.68 bits per heavy atom. The molecule has 0 saturated carbocycles. The molecule has 3 aromatic rings. The van der Waals surface area contributed by atoms with E-state index in [9.17, 15) is 19.5 Å². The van der Waals surface area contributed by atoms with Crippen LogP contribution in [0.25, 0.3) is 0 Å². The van der Waals surface area contributed by atoms with Crippen LogP contribution in [0.4, 0.5) is 4.79 Å². The van der Waals surface area contributed by atoms with Gasteiger partial charge in [0.2, 0.25) is 5.75 Å². The lowest BCUT2D eigenvalue weighted by Gasteiger charge is -2.26. The molecule has 1 aromatic heterocycles. The third kappa shape index (κ3) is 5.47. The SMILES string of the molecule is O=C1OC(c2ccc(C#Cc3ccc(C(=O)N4CCOCC4)cc3)cc2)CN1Cc1nc[nH]c(=O)c1O. The van der Waals surface area contributed by atoms with Crippen molar-refractivity contribution in [3.63, 3.8) is 0 Å². The zero-order valence-electron chi connectivity index (χ0n) is 19.8. The van der Waals surface area contributed by atoms with Crippen molar-refractivity contribution in [3.8, 4) is 17.6 Å². The summed E-state index contributed by atoms with van der Waals surface area (Å²) in [7, 11) is 0. The molecule has 0 aliphatic carbocycles. The summed E-state index contributed by atoms with van der Waals surface area (Å²) >= 11 is 0. The van der Waals surface area contributed by atoms with Gasteiger partial charge in [-0.05, 0) is 42.0 Å². The van der Waals surface area contributed by atoms with Gasteiger partial charge in [0, 0.05) is 29.8 Å². The Labute approximate surface area is 212 Å². The number of cyclic esters (lactones) is 1. The highest BCUT2D eigenvalue weighted by Crippen LogP contribution is 2.28. The molecule has 0 radical (unpaired) electrons. The number of benzene rings is 2. The van der Waals surface area contributed by atoms with Gasteiger partial charge >= 0.3 is 6.09 Å². The minimum atomic E-state index is -0.664. The van der Waals surface area contributed by atoms with Crippen LogP contribution in [0.3, 0.4) is 0 Å². The number of morpholine rings is 1. The van der Waals surface area contributed by atoms with Gasteiger partial charge < -0.3 is 24.5 Å². The largest absolute Gasteiger partial charge is 0.502 e. The molecule has 2 saturated heterocycles. The van der Waals surface area contributed by atoms with E-state index in [4.69, 9.17) is 9.47 Å². The number of hydrogen-bond donors (Lipinski definition) is 2. The molecule has 2 aliphatic heterocycles. The molecule has 10 heteroatoms. The fourth-order valence-electron chi connectivity index (χ4n) is 4.11. The average Bonchev–Trinajstić information content (AvgIpc) is 3.30. The maximum absolute atomic E-state index is 12.6. The second-order valence-electron chi connectivity index (χ2n) is 8.63. The summed E-state index contributed by atoms with van der Waals surface area (Å²) in [6.07, 6.45) is 0.135. The van der Waals surface area contributed by atoms with Crippen LogP contribution in [0.5, 0.6) is 5.75 Å². The number of nitrogens with zero attached hydrogens (tertiary/aromatic N) is 3. The van der Waals surface area contributed by atoms with E-state index in [0.717, 1.165) is 16.7 Å². The van der Waals surface area contributed by atoms with Gasteiger partial charge in [0.25, 0.3) is 11.5 Å². The number of aromatic nitrogens is 2. The fourth-order valence-corrected chi connectivity index (χ4v) is 4.11. The standard InChI is InChI=1S/C27H24N4O6/c32-24-22(28-17-29-25(24)33)15-31-16-23(37-27(31)35)20-7-3-18(4-8-20)1-2-19-5-9-21(10-6-19)26(34)30-11-13-36-14-12-30/h3-10,17,23,32H,11-16H2,(H,28,29,33). The smallest absolute Gasteiger partial charge is 0.410 e. The highest BCUT2D eigenvalue weighted by atomic mass is 16.6. The maximum atomic E-state index is 12.6. The second kappa shape index (κ2) is 10.6. The van der Waals surface area contributed by atoms with Crippen molar-refractivity contribution < 1.29 is 24.2 Å². The third-order valence-electron chi connectivity index (χ3n) is 6.20. The first-order chi connectivity index (χ1) is 18.0. The molecule has 3 heterocycles. The maximum Gasteiger partial charge on any atom is 0.410 e. The Bertz CT molecular complexity index is 1420. The number of aromatic hydroxyl groups is 1. The molecular formula is C27H24N4O6. The molecule has 1 unspecified atom stereocenters. The molecule has 0 bridgehead atoms. The van der Waals surface area contributed by atoms with Crippen molar-refractivity contribution in [3.05, 3.63) is 93.2 Å². The van der Waals surface area contributed by atoms with E-state index in [-0.39, 0.29) is 24.7 Å². The van der Waals surface area contributed by atoms with E-state index in [0.29, 0.717) is 31.9 Å². The molecule has 0 spiro atoms. The van der Waals surface area contributed by atoms with Crippen LogP contribution >= 0.6 is 0 Å². The fraction of sp³-hybridized carbons (Fsp3) is 0.259. The lowest BCUT2D eigenvalue weighted by Crippen LogP contribution is -2.40. The Morgan fingerprint density at radius 3 is 2.35 bits per heavy atom. The van der Waals surface area contributed by atoms with E-state index in [2.05, 4.69) is 21.8 Å². The normalized spacial score (nSPS) is 17.2. The van der Waals surface area contributed by atoms with E-state index in [1.807, 2.05) is 36.4 Å². The Balaban J connectivity index is 1.20. The van der Waals surface area contributed by atoms with Crippen LogP contribution in [-0.2, 0) is 16.0 Å². The van der Waals surface area contributed by atoms with Crippen LogP contribution in [0.1, 0.15) is 38.8 Å². The summed E-state index contributed by atoms with van der Waals surface area (Å²) in [4.78, 5) is 45.8. The van der Waals surface area contributed by atoms with Gasteiger partial charge in [0.15, 0.2) is 0 Å². The first-order valence-corrected chi connectivity index (χ1v) is 11.8. The number of carbonyl (C=O) groups excluding carboxylic acids is 2. The number of nitrogens with one attached hydrogen (secondary N) is 1. The minimum absolute atomic E-state index is 0.00457. The Hall–Kier alpha value is -4.62. The van der Waals surface area contributed by atoms with E-state index in [1.54, 1.807) is 17.0 Å². The first-order valence-electron chi connectivity index (χ1n) is 11.8. The van der Waals surface area contributed by atoms with Crippen LogP contribution in [0.2, 0.25) is 0 Å². The van der Waals surface area contributed by atoms with E-state index < -0.39 is 23.5 Å². The number of carbonyl (C=O) groups is 2. The molecule has 5 rings (SSSR count). The van der Waals surface area contributed by atoms with Crippen molar-refractivity contribution in [1.82, 2.24) is 19.8 Å². The molecule has 2 fully saturated rings. The molecule has 37 heavy (non-hydrogen) atoms. The molecule has 2 N–H and O–H groups in total. The molecule has 2 amide bonds. The van der Waals surface area contributed by atoms with Crippen molar-refractivity contribution in [2.75, 3.05) is 32.8 Å². The summed E-state index contributed by atoms with van der Waals surface area (Å²) in [5, 5.41) is 9.86. The summed E-state index contributed by atoms with van der Waals surface area (Å²) in [5.41, 5.74) is 2.45. The van der Waals surface area contributed by atoms with Gasteiger partial charge in [0.1, 0.15) is 11.8 Å². The highest BCUT2D eigenvalue weighted by Gasteiger charge is 2.33. The first kappa shape index (κ1) is 24.1. The van der Waals surface area contributed by atoms with Gasteiger partial charge in [-0.25, -0.2) is 9.78 Å². The topological polar surface area (TPSA) is 125 Å². The van der Waals surface area contributed by atoms with Gasteiger partial charge in [-0.2, -0.15) is 0 Å². The van der Waals surface area contributed by atoms with Crippen LogP contribution in [-0.4, -0.2) is 69.7 Å². The van der Waals surface area contributed by atoms with E-state index >= 15 is 0 Å². The number of ether oxygens (including phenoxy) is 2. The number of hydrogen-bond acceptors (Lipinski definition) is 7. The molecule has 10 nitrogen and oxygen atoms in total. The third-order valence-corrected chi connectivity index (χ3v) is 6.20. The van der Waals surface area contributed by atoms with Crippen LogP contribution in [0, 0.1) is 11.8 Å². The van der Waals surface area contributed by atoms with Crippen molar-refractivity contribution >= 4 is 12.0 Å². The summed E-state index contributed by atoms with van der Waals surface area (Å²) < 4.78 is 10.8. The Morgan fingerprint density at radius 1 is 1.03 bits per heavy atom. The highest BCUT2D eigenvalue weighted by molar-refractivity contribution is 5.94. The molecule has 2 aliphatic rings. The number of H-pyrrole nitrogens is 1. The predicted molar refractivity (Wildman–Crippen MR) is 132 cm³/mol. The van der Waals surface area contributed by atoms with Crippen molar-refractivity contribution in [2.45, 2.75) is 12.6 Å². The second-order valence-corrected chi connectivity index (χ2v) is 8.63. The zero-order valence-corrected chi connectivity index (χ0v) is 19.8. The van der Waals surface area contributed by atoms with Crippen LogP contribution < -0.4 is 5.56 Å². The van der Waals surface area contributed by atoms with E-state index in [1.165, 1.54) is 11.2 Å². The zero-order chi connectivity index (χ0) is 25.8. The van der Waals surface area contributed by atoms with Gasteiger partial charge in [-0.3, -0.25) is 14.5 Å². The summed E-state index contributed by atoms with van der Waals surface area (Å²) in [5.74, 6) is 5.69. The molecular weight excluding hydrogens is 476 g/mol. The lowest BCUT2D eigenvalue weighted by molar-refractivity contribution is 0.0303. The van der Waals surface area contributed by atoms with Gasteiger partial charge in [-0.15, -0.1) is 0 Å². The molecule has 188 valence electrons. The van der Waals surface area contributed by atoms with Crippen molar-refractivity contribution in [2.24, 2.45) is 0 Å². The van der Waals surface area contributed by atoms with Gasteiger partial charge in [0.05, 0.1) is 32.6 Å². The summed E-state index contributed by atoms with van der Waals surface area (Å²) in [6, 6.07) is 14.6. The minimum Gasteiger partial charge on any atom is -0.502 e. The number of amides is 2. The quantitative estimate of drug-likeness (QED) is 0.525. The number of rotatable bonds is 4. The average molecular weight is 501 g/mol. The van der Waals surface area contributed by atoms with Gasteiger partial charge in [-0.1, -0.05) is 24.0 Å². The monoisotopic (exact) mass is 500 g/mol. The predicted octanol–water partition coefficient (Wildman–Crippen LogP) is 2.04. The number of aromatic amines is 1. The Kier molecular flexibility index (Phi) is 6.87. The summed E-state index contributed by atoms with van der Waals surface area (Å²) in [6.45, 7) is 2.55. The van der Waals surface area contributed by atoms with Crippen LogP contribution in [0.15, 0.2) is 59.7 Å². The molecule has 2 aromatic carbocycles.